The number of hydrogen-bond acceptors (Lipinski definition) is 4. The smallest absolute Gasteiger partial charge is 0.183 e. The van der Waals surface area contributed by atoms with Crippen LogP contribution in [0.4, 0.5) is 0 Å². The molecule has 0 N–H and O–H groups in total. The summed E-state index contributed by atoms with van der Waals surface area (Å²) in [5, 5.41) is 9.13. The van der Waals surface area contributed by atoms with Gasteiger partial charge < -0.3 is 4.42 Å². The number of nitrogens with zero attached hydrogens (tertiary/aromatic N) is 2. The highest BCUT2D eigenvalue weighted by molar-refractivity contribution is 6.04. The molecule has 17 heavy (non-hydrogen) atoms. The van der Waals surface area contributed by atoms with Gasteiger partial charge in [0.1, 0.15) is 10.9 Å². The SMILES string of the molecule is N#CC1(C(=O)c2ccc3ncoc3c2)CCC1. The Kier molecular flexibility index (Phi) is 2.02. The van der Waals surface area contributed by atoms with Crippen molar-refractivity contribution in [2.45, 2.75) is 19.3 Å². The van der Waals surface area contributed by atoms with E-state index in [9.17, 15) is 4.79 Å². The number of carbonyl (C=O) groups excluding carboxylic acids is 1. The number of Topliss-reactive ketones (excluding diaryl/α,β-unsaturated/α-hetero) is 1. The molecule has 84 valence electrons. The molecule has 1 aromatic heterocycles. The van der Waals surface area contributed by atoms with Crippen molar-refractivity contribution < 1.29 is 9.21 Å². The van der Waals surface area contributed by atoms with Crippen molar-refractivity contribution in [3.8, 4) is 6.07 Å². The lowest BCUT2D eigenvalue weighted by Gasteiger charge is -2.33. The summed E-state index contributed by atoms with van der Waals surface area (Å²) in [6.45, 7) is 0. The van der Waals surface area contributed by atoms with E-state index >= 15 is 0 Å². The quantitative estimate of drug-likeness (QED) is 0.738. The number of oxazole rings is 1. The molecule has 1 fully saturated rings. The van der Waals surface area contributed by atoms with Crippen molar-refractivity contribution in [2.24, 2.45) is 5.41 Å². The maximum Gasteiger partial charge on any atom is 0.183 e. The zero-order chi connectivity index (χ0) is 11.9. The second-order valence-corrected chi connectivity index (χ2v) is 4.41. The zero-order valence-electron chi connectivity index (χ0n) is 9.14. The van der Waals surface area contributed by atoms with Crippen molar-refractivity contribution in [1.29, 1.82) is 5.26 Å². The fraction of sp³-hybridized carbons (Fsp3) is 0.308. The third-order valence-corrected chi connectivity index (χ3v) is 3.45. The van der Waals surface area contributed by atoms with E-state index in [4.69, 9.17) is 9.68 Å². The molecule has 4 nitrogen and oxygen atoms in total. The van der Waals surface area contributed by atoms with Crippen LogP contribution in [0.15, 0.2) is 29.0 Å². The van der Waals surface area contributed by atoms with Gasteiger partial charge in [-0.3, -0.25) is 4.79 Å². The van der Waals surface area contributed by atoms with E-state index in [-0.39, 0.29) is 5.78 Å². The molecule has 4 heteroatoms. The lowest BCUT2D eigenvalue weighted by atomic mass is 9.65. The highest BCUT2D eigenvalue weighted by atomic mass is 16.3. The Hall–Kier alpha value is -2.15. The molecule has 1 aliphatic rings. The van der Waals surface area contributed by atoms with Crippen LogP contribution in [-0.4, -0.2) is 10.8 Å². The van der Waals surface area contributed by atoms with Crippen molar-refractivity contribution in [3.05, 3.63) is 30.2 Å². The normalized spacial score (nSPS) is 17.4. The molecule has 1 saturated carbocycles. The Balaban J connectivity index is 2.03. The van der Waals surface area contributed by atoms with Crippen molar-refractivity contribution >= 4 is 16.9 Å². The fourth-order valence-electron chi connectivity index (χ4n) is 2.19. The first kappa shape index (κ1) is 10.0. The molecule has 1 aromatic carbocycles. The van der Waals surface area contributed by atoms with Gasteiger partial charge in [-0.15, -0.1) is 0 Å². The first-order valence-corrected chi connectivity index (χ1v) is 5.54. The average Bonchev–Trinajstić information content (AvgIpc) is 2.74. The van der Waals surface area contributed by atoms with E-state index in [0.717, 1.165) is 11.9 Å². The molecule has 1 heterocycles. The number of hydrogen-bond donors (Lipinski definition) is 0. The van der Waals surface area contributed by atoms with Gasteiger partial charge in [-0.05, 0) is 37.5 Å². The standard InChI is InChI=1S/C13H10N2O2/c14-7-13(4-1-5-13)12(16)9-2-3-10-11(6-9)17-8-15-10/h2-3,6,8H,1,4-5H2. The van der Waals surface area contributed by atoms with Crippen molar-refractivity contribution in [2.75, 3.05) is 0 Å². The summed E-state index contributed by atoms with van der Waals surface area (Å²) in [4.78, 5) is 16.3. The second kappa shape index (κ2) is 3.42. The van der Waals surface area contributed by atoms with E-state index in [2.05, 4.69) is 11.1 Å². The predicted molar refractivity (Wildman–Crippen MR) is 60.2 cm³/mol. The van der Waals surface area contributed by atoms with Crippen molar-refractivity contribution in [1.82, 2.24) is 4.98 Å². The Morgan fingerprint density at radius 1 is 1.47 bits per heavy atom. The number of fused-ring (bicyclic) bond motifs is 1. The molecule has 0 bridgehead atoms. The van der Waals surface area contributed by atoms with Gasteiger partial charge in [-0.2, -0.15) is 5.26 Å². The van der Waals surface area contributed by atoms with Gasteiger partial charge in [-0.1, -0.05) is 0 Å². The number of benzene rings is 1. The lowest BCUT2D eigenvalue weighted by Crippen LogP contribution is -2.36. The van der Waals surface area contributed by atoms with Crippen LogP contribution in [0.3, 0.4) is 0 Å². The van der Waals surface area contributed by atoms with Crippen LogP contribution in [-0.2, 0) is 0 Å². The maximum absolute atomic E-state index is 12.3. The van der Waals surface area contributed by atoms with E-state index in [1.807, 2.05) is 0 Å². The number of ketones is 1. The highest BCUT2D eigenvalue weighted by Gasteiger charge is 2.44. The predicted octanol–water partition coefficient (Wildman–Crippen LogP) is 2.70. The van der Waals surface area contributed by atoms with Gasteiger partial charge in [-0.25, -0.2) is 4.98 Å². The van der Waals surface area contributed by atoms with Crippen LogP contribution in [0.2, 0.25) is 0 Å². The number of nitriles is 1. The molecule has 3 rings (SSSR count). The van der Waals surface area contributed by atoms with E-state index in [1.54, 1.807) is 18.2 Å². The van der Waals surface area contributed by atoms with Gasteiger partial charge in [0, 0.05) is 5.56 Å². The highest BCUT2D eigenvalue weighted by Crippen LogP contribution is 2.43. The molecular formula is C13H10N2O2. The third kappa shape index (κ3) is 1.36. The zero-order valence-corrected chi connectivity index (χ0v) is 9.14. The van der Waals surface area contributed by atoms with Crippen LogP contribution in [0.5, 0.6) is 0 Å². The topological polar surface area (TPSA) is 66.9 Å². The van der Waals surface area contributed by atoms with Crippen LogP contribution in [0.1, 0.15) is 29.6 Å². The minimum Gasteiger partial charge on any atom is -0.443 e. The summed E-state index contributed by atoms with van der Waals surface area (Å²) < 4.78 is 5.16. The monoisotopic (exact) mass is 226 g/mol. The molecule has 0 radical (unpaired) electrons. The Labute approximate surface area is 97.9 Å². The third-order valence-electron chi connectivity index (χ3n) is 3.45. The fourth-order valence-corrected chi connectivity index (χ4v) is 2.19. The summed E-state index contributed by atoms with van der Waals surface area (Å²) in [5.74, 6) is -0.0930. The Morgan fingerprint density at radius 2 is 2.29 bits per heavy atom. The maximum atomic E-state index is 12.3. The number of aromatic nitrogens is 1. The van der Waals surface area contributed by atoms with E-state index < -0.39 is 5.41 Å². The van der Waals surface area contributed by atoms with Gasteiger partial charge in [0.25, 0.3) is 0 Å². The minimum absolute atomic E-state index is 0.0930. The largest absolute Gasteiger partial charge is 0.443 e. The van der Waals surface area contributed by atoms with Crippen LogP contribution < -0.4 is 0 Å². The molecule has 0 atom stereocenters. The summed E-state index contributed by atoms with van der Waals surface area (Å²) in [6, 6.07) is 7.29. The summed E-state index contributed by atoms with van der Waals surface area (Å²) in [7, 11) is 0. The summed E-state index contributed by atoms with van der Waals surface area (Å²) in [5.41, 5.74) is 1.05. The summed E-state index contributed by atoms with van der Waals surface area (Å²) >= 11 is 0. The van der Waals surface area contributed by atoms with Gasteiger partial charge in [0.2, 0.25) is 0 Å². The van der Waals surface area contributed by atoms with Gasteiger partial charge in [0.05, 0.1) is 6.07 Å². The number of rotatable bonds is 2. The van der Waals surface area contributed by atoms with E-state index in [0.29, 0.717) is 24.0 Å². The van der Waals surface area contributed by atoms with Crippen LogP contribution >= 0.6 is 0 Å². The molecule has 1 aliphatic carbocycles. The molecule has 0 saturated heterocycles. The molecule has 0 unspecified atom stereocenters. The summed E-state index contributed by atoms with van der Waals surface area (Å²) in [6.07, 6.45) is 3.62. The average molecular weight is 226 g/mol. The Bertz CT molecular complexity index is 632. The molecular weight excluding hydrogens is 216 g/mol. The van der Waals surface area contributed by atoms with E-state index in [1.165, 1.54) is 6.39 Å². The lowest BCUT2D eigenvalue weighted by molar-refractivity contribution is 0.0748. The molecule has 0 spiro atoms. The van der Waals surface area contributed by atoms with Crippen LogP contribution in [0, 0.1) is 16.7 Å². The second-order valence-electron chi connectivity index (χ2n) is 4.41. The minimum atomic E-state index is -0.798. The number of carbonyl (C=O) groups is 1. The van der Waals surface area contributed by atoms with Crippen LogP contribution in [0.25, 0.3) is 11.1 Å². The Morgan fingerprint density at radius 3 is 2.94 bits per heavy atom. The first-order chi connectivity index (χ1) is 8.25. The first-order valence-electron chi connectivity index (χ1n) is 5.54. The van der Waals surface area contributed by atoms with Crippen molar-refractivity contribution in [3.63, 3.8) is 0 Å². The molecule has 2 aromatic rings. The van der Waals surface area contributed by atoms with Gasteiger partial charge >= 0.3 is 0 Å². The molecule has 0 amide bonds. The van der Waals surface area contributed by atoms with Gasteiger partial charge in [0.15, 0.2) is 17.8 Å². The molecule has 0 aliphatic heterocycles.